The molecule has 0 spiro atoms. The quantitative estimate of drug-likeness (QED) is 0.662. The summed E-state index contributed by atoms with van der Waals surface area (Å²) in [4.78, 5) is 23.8. The monoisotopic (exact) mass is 313 g/mol. The van der Waals surface area contributed by atoms with Gasteiger partial charge in [-0.2, -0.15) is 0 Å². The van der Waals surface area contributed by atoms with Crippen LogP contribution in [-0.2, 0) is 25.5 Å². The van der Waals surface area contributed by atoms with Gasteiger partial charge in [-0.15, -0.1) is 0 Å². The maximum absolute atomic E-state index is 11.9. The maximum Gasteiger partial charge on any atom is 0.343 e. The molecule has 0 saturated carbocycles. The van der Waals surface area contributed by atoms with Crippen molar-refractivity contribution in [3.63, 3.8) is 0 Å². The number of anilines is 1. The lowest BCUT2D eigenvalue weighted by Gasteiger charge is -2.23. The molecular formula is C12H12BrNO4. The van der Waals surface area contributed by atoms with Crippen LogP contribution in [0.3, 0.4) is 0 Å². The van der Waals surface area contributed by atoms with Gasteiger partial charge in [-0.25, -0.2) is 9.59 Å². The zero-order valence-electron chi connectivity index (χ0n) is 9.95. The van der Waals surface area contributed by atoms with E-state index in [2.05, 4.69) is 21.2 Å². The van der Waals surface area contributed by atoms with Crippen molar-refractivity contribution >= 4 is 33.6 Å². The summed E-state index contributed by atoms with van der Waals surface area (Å²) in [5, 5.41) is 2.91. The van der Waals surface area contributed by atoms with Crippen LogP contribution in [0.15, 0.2) is 22.7 Å². The number of benzene rings is 1. The van der Waals surface area contributed by atoms with Gasteiger partial charge < -0.3 is 14.8 Å². The van der Waals surface area contributed by atoms with E-state index in [1.54, 1.807) is 6.07 Å². The third-order valence-corrected chi connectivity index (χ3v) is 3.43. The zero-order valence-corrected chi connectivity index (χ0v) is 11.5. The van der Waals surface area contributed by atoms with Crippen LogP contribution in [-0.4, -0.2) is 31.7 Å². The molecule has 1 aromatic rings. The third-order valence-electron chi connectivity index (χ3n) is 2.94. The summed E-state index contributed by atoms with van der Waals surface area (Å²) in [6.45, 7) is 0. The lowest BCUT2D eigenvalue weighted by molar-refractivity contribution is -0.159. The molecule has 96 valence electrons. The van der Waals surface area contributed by atoms with Gasteiger partial charge in [0.25, 0.3) is 0 Å². The highest BCUT2D eigenvalue weighted by molar-refractivity contribution is 9.10. The molecule has 1 aliphatic rings. The Morgan fingerprint density at radius 1 is 1.28 bits per heavy atom. The highest BCUT2D eigenvalue weighted by Crippen LogP contribution is 2.35. The van der Waals surface area contributed by atoms with E-state index in [1.165, 1.54) is 14.2 Å². The summed E-state index contributed by atoms with van der Waals surface area (Å²) in [6, 6.07) is 5.49. The van der Waals surface area contributed by atoms with Gasteiger partial charge in [-0.1, -0.05) is 15.9 Å². The van der Waals surface area contributed by atoms with Crippen LogP contribution in [0.4, 0.5) is 5.69 Å². The minimum absolute atomic E-state index is 0.209. The second-order valence-corrected chi connectivity index (χ2v) is 4.91. The molecule has 0 saturated heterocycles. The Morgan fingerprint density at radius 3 is 2.44 bits per heavy atom. The van der Waals surface area contributed by atoms with Crippen LogP contribution in [0.5, 0.6) is 0 Å². The highest BCUT2D eigenvalue weighted by Gasteiger charge is 2.52. The molecule has 6 heteroatoms. The molecule has 18 heavy (non-hydrogen) atoms. The van der Waals surface area contributed by atoms with Crippen LogP contribution < -0.4 is 5.32 Å². The minimum Gasteiger partial charge on any atom is -0.467 e. The van der Waals surface area contributed by atoms with Crippen molar-refractivity contribution in [2.24, 2.45) is 0 Å². The topological polar surface area (TPSA) is 64.6 Å². The molecule has 0 bridgehead atoms. The minimum atomic E-state index is -1.48. The largest absolute Gasteiger partial charge is 0.467 e. The Labute approximate surface area is 113 Å². The van der Waals surface area contributed by atoms with Crippen LogP contribution in [0.1, 0.15) is 5.56 Å². The number of hydrogen-bond donors (Lipinski definition) is 1. The Hall–Kier alpha value is -1.56. The number of rotatable bonds is 2. The molecule has 0 fully saturated rings. The van der Waals surface area contributed by atoms with Crippen molar-refractivity contribution in [1.82, 2.24) is 0 Å². The second kappa shape index (κ2) is 4.61. The van der Waals surface area contributed by atoms with Crippen LogP contribution in [0.2, 0.25) is 0 Å². The maximum atomic E-state index is 11.9. The van der Waals surface area contributed by atoms with E-state index in [9.17, 15) is 9.59 Å². The first-order chi connectivity index (χ1) is 8.53. The van der Waals surface area contributed by atoms with Crippen LogP contribution >= 0.6 is 15.9 Å². The fourth-order valence-corrected chi connectivity index (χ4v) is 2.48. The number of hydrogen-bond acceptors (Lipinski definition) is 5. The molecule has 5 nitrogen and oxygen atoms in total. The third kappa shape index (κ3) is 1.86. The van der Waals surface area contributed by atoms with Gasteiger partial charge in [-0.3, -0.25) is 0 Å². The average molecular weight is 314 g/mol. The summed E-state index contributed by atoms with van der Waals surface area (Å²) in [6.07, 6.45) is 0.209. The van der Waals surface area contributed by atoms with E-state index in [0.717, 1.165) is 15.7 Å². The van der Waals surface area contributed by atoms with Gasteiger partial charge in [0.15, 0.2) is 0 Å². The van der Waals surface area contributed by atoms with Gasteiger partial charge in [0.05, 0.1) is 14.2 Å². The molecule has 0 atom stereocenters. The van der Waals surface area contributed by atoms with Crippen LogP contribution in [0, 0.1) is 0 Å². The number of ether oxygens (including phenoxy) is 2. The van der Waals surface area contributed by atoms with Gasteiger partial charge in [-0.05, 0) is 23.8 Å². The van der Waals surface area contributed by atoms with Crippen molar-refractivity contribution < 1.29 is 19.1 Å². The SMILES string of the molecule is COC(=O)C1(C(=O)OC)Cc2cc(Br)ccc2N1. The highest BCUT2D eigenvalue weighted by atomic mass is 79.9. The standard InChI is InChI=1S/C12H12BrNO4/c1-17-10(15)12(11(16)18-2)6-7-5-8(13)3-4-9(7)14-12/h3-5,14H,6H2,1-2H3. The van der Waals surface area contributed by atoms with E-state index < -0.39 is 17.5 Å². The average Bonchev–Trinajstić information content (AvgIpc) is 2.76. The first kappa shape index (κ1) is 12.9. The van der Waals surface area contributed by atoms with Gasteiger partial charge in [0.2, 0.25) is 5.54 Å². The first-order valence-corrected chi connectivity index (χ1v) is 6.06. The molecule has 0 radical (unpaired) electrons. The zero-order chi connectivity index (χ0) is 13.3. The summed E-state index contributed by atoms with van der Waals surface area (Å²) >= 11 is 3.35. The number of carbonyl (C=O) groups is 2. The molecule has 0 aliphatic carbocycles. The Morgan fingerprint density at radius 2 is 1.89 bits per heavy atom. The molecule has 0 unspecified atom stereocenters. The Kier molecular flexibility index (Phi) is 3.30. The number of nitrogens with one attached hydrogen (secondary N) is 1. The summed E-state index contributed by atoms with van der Waals surface area (Å²) in [7, 11) is 2.49. The van der Waals surface area contributed by atoms with Crippen molar-refractivity contribution in [2.75, 3.05) is 19.5 Å². The van der Waals surface area contributed by atoms with Crippen molar-refractivity contribution in [1.29, 1.82) is 0 Å². The first-order valence-electron chi connectivity index (χ1n) is 5.27. The van der Waals surface area contributed by atoms with Crippen molar-refractivity contribution in [2.45, 2.75) is 12.0 Å². The molecular weight excluding hydrogens is 302 g/mol. The molecule has 1 aliphatic heterocycles. The summed E-state index contributed by atoms with van der Waals surface area (Å²) in [5.41, 5.74) is 0.112. The van der Waals surface area contributed by atoms with Crippen LogP contribution in [0.25, 0.3) is 0 Å². The van der Waals surface area contributed by atoms with Crippen molar-refractivity contribution in [3.8, 4) is 0 Å². The van der Waals surface area contributed by atoms with Gasteiger partial charge in [0, 0.05) is 16.6 Å². The van der Waals surface area contributed by atoms with E-state index >= 15 is 0 Å². The molecule has 1 aromatic carbocycles. The number of carbonyl (C=O) groups excluding carboxylic acids is 2. The Bertz CT molecular complexity index is 499. The number of fused-ring (bicyclic) bond motifs is 1. The lowest BCUT2D eigenvalue weighted by Crippen LogP contribution is -2.53. The van der Waals surface area contributed by atoms with Gasteiger partial charge >= 0.3 is 11.9 Å². The molecule has 0 amide bonds. The Balaban J connectivity index is 2.43. The number of halogens is 1. The van der Waals surface area contributed by atoms with E-state index in [1.807, 2.05) is 12.1 Å². The van der Waals surface area contributed by atoms with Crippen molar-refractivity contribution in [3.05, 3.63) is 28.2 Å². The fourth-order valence-electron chi connectivity index (χ4n) is 2.07. The summed E-state index contributed by atoms with van der Waals surface area (Å²) < 4.78 is 10.3. The predicted octanol–water partition coefficient (Wildman–Crippen LogP) is 1.50. The smallest absolute Gasteiger partial charge is 0.343 e. The second-order valence-electron chi connectivity index (χ2n) is 3.99. The fraction of sp³-hybridized carbons (Fsp3) is 0.333. The summed E-state index contributed by atoms with van der Waals surface area (Å²) in [5.74, 6) is -1.30. The van der Waals surface area contributed by atoms with Gasteiger partial charge in [0.1, 0.15) is 0 Å². The lowest BCUT2D eigenvalue weighted by atomic mass is 9.95. The molecule has 1 heterocycles. The number of methoxy groups -OCH3 is 2. The molecule has 0 aromatic heterocycles. The number of esters is 2. The molecule has 1 N–H and O–H groups in total. The van der Waals surface area contributed by atoms with E-state index in [4.69, 9.17) is 9.47 Å². The predicted molar refractivity (Wildman–Crippen MR) is 68.2 cm³/mol. The van der Waals surface area contributed by atoms with E-state index in [0.29, 0.717) is 0 Å². The molecule has 2 rings (SSSR count). The normalized spacial score (nSPS) is 15.5. The van der Waals surface area contributed by atoms with E-state index in [-0.39, 0.29) is 6.42 Å².